The number of rotatable bonds is 7. The first-order chi connectivity index (χ1) is 17.6. The van der Waals surface area contributed by atoms with Gasteiger partial charge in [0, 0.05) is 34.2 Å². The van der Waals surface area contributed by atoms with Gasteiger partial charge in [0.05, 0.1) is 11.7 Å². The van der Waals surface area contributed by atoms with E-state index in [0.717, 1.165) is 44.7 Å². The second-order valence-corrected chi connectivity index (χ2v) is 8.51. The summed E-state index contributed by atoms with van der Waals surface area (Å²) < 4.78 is 7.77. The lowest BCUT2D eigenvalue weighted by molar-refractivity contribution is -0.123. The molecule has 5 aromatic rings. The van der Waals surface area contributed by atoms with Crippen LogP contribution in [-0.2, 0) is 4.79 Å². The number of fused-ring (bicyclic) bond motifs is 1. The van der Waals surface area contributed by atoms with Crippen molar-refractivity contribution >= 4 is 23.0 Å². The average Bonchev–Trinajstić information content (AvgIpc) is 3.20. The minimum Gasteiger partial charge on any atom is -0.484 e. The van der Waals surface area contributed by atoms with Crippen LogP contribution in [-0.4, -0.2) is 28.3 Å². The molecule has 6 heteroatoms. The maximum Gasteiger partial charge on any atom is 0.277 e. The van der Waals surface area contributed by atoms with Crippen LogP contribution in [0.5, 0.6) is 5.75 Å². The van der Waals surface area contributed by atoms with Crippen molar-refractivity contribution in [2.45, 2.75) is 13.8 Å². The molecule has 2 heterocycles. The standard InChI is InChI=1S/C30H26N4O2/c1-21-17-26(22(2)34(21)27-12-15-29-25(18-27)9-6-16-31-29)19-32-33-30(35)20-36-28-13-10-24(11-14-28)23-7-4-3-5-8-23/h3-19H,20H2,1-2H3,(H,33,35)/b32-19+. The molecular weight excluding hydrogens is 448 g/mol. The summed E-state index contributed by atoms with van der Waals surface area (Å²) in [7, 11) is 0. The Hall–Kier alpha value is -4.71. The minimum atomic E-state index is -0.325. The number of nitrogens with zero attached hydrogens (tertiary/aromatic N) is 3. The summed E-state index contributed by atoms with van der Waals surface area (Å²) in [5, 5.41) is 5.22. The van der Waals surface area contributed by atoms with Crippen molar-refractivity contribution in [2.24, 2.45) is 5.10 Å². The molecule has 0 spiro atoms. The molecule has 5 rings (SSSR count). The number of hydrogen-bond acceptors (Lipinski definition) is 4. The molecule has 36 heavy (non-hydrogen) atoms. The first-order valence-corrected chi connectivity index (χ1v) is 11.7. The molecule has 0 atom stereocenters. The van der Waals surface area contributed by atoms with E-state index in [1.807, 2.05) is 74.5 Å². The highest BCUT2D eigenvalue weighted by atomic mass is 16.5. The monoisotopic (exact) mass is 474 g/mol. The van der Waals surface area contributed by atoms with Crippen LogP contribution >= 0.6 is 0 Å². The summed E-state index contributed by atoms with van der Waals surface area (Å²) in [6.07, 6.45) is 3.46. The van der Waals surface area contributed by atoms with Crippen molar-refractivity contribution in [1.82, 2.24) is 15.0 Å². The Bertz CT molecular complexity index is 1540. The molecule has 6 nitrogen and oxygen atoms in total. The van der Waals surface area contributed by atoms with E-state index in [1.54, 1.807) is 12.4 Å². The summed E-state index contributed by atoms with van der Waals surface area (Å²) >= 11 is 0. The topological polar surface area (TPSA) is 68.5 Å². The van der Waals surface area contributed by atoms with Gasteiger partial charge < -0.3 is 9.30 Å². The number of pyridine rings is 1. The fourth-order valence-electron chi connectivity index (χ4n) is 4.25. The Balaban J connectivity index is 1.20. The number of amides is 1. The van der Waals surface area contributed by atoms with Crippen LogP contribution in [0, 0.1) is 13.8 Å². The number of benzene rings is 3. The third kappa shape index (κ3) is 5.03. The zero-order valence-corrected chi connectivity index (χ0v) is 20.2. The zero-order chi connectivity index (χ0) is 24.9. The molecule has 0 fully saturated rings. The van der Waals surface area contributed by atoms with Crippen LogP contribution in [0.3, 0.4) is 0 Å². The van der Waals surface area contributed by atoms with E-state index in [0.29, 0.717) is 5.75 Å². The summed E-state index contributed by atoms with van der Waals surface area (Å²) in [6, 6.07) is 30.0. The summed E-state index contributed by atoms with van der Waals surface area (Å²) in [5.41, 5.74) is 9.82. The number of hydrogen-bond donors (Lipinski definition) is 1. The predicted molar refractivity (Wildman–Crippen MR) is 144 cm³/mol. The van der Waals surface area contributed by atoms with Crippen LogP contribution in [0.4, 0.5) is 0 Å². The van der Waals surface area contributed by atoms with Crippen molar-refractivity contribution in [3.8, 4) is 22.6 Å². The number of aromatic nitrogens is 2. The third-order valence-electron chi connectivity index (χ3n) is 6.04. The Kier molecular flexibility index (Phi) is 6.58. The molecule has 0 radical (unpaired) electrons. The van der Waals surface area contributed by atoms with Gasteiger partial charge in [0.2, 0.25) is 0 Å². The van der Waals surface area contributed by atoms with Gasteiger partial charge in [-0.3, -0.25) is 9.78 Å². The number of carbonyl (C=O) groups is 1. The van der Waals surface area contributed by atoms with Gasteiger partial charge in [0.1, 0.15) is 5.75 Å². The van der Waals surface area contributed by atoms with Crippen LogP contribution < -0.4 is 10.2 Å². The van der Waals surface area contributed by atoms with Gasteiger partial charge >= 0.3 is 0 Å². The maximum absolute atomic E-state index is 12.2. The van der Waals surface area contributed by atoms with Crippen LogP contribution in [0.2, 0.25) is 0 Å². The Morgan fingerprint density at radius 1 is 0.944 bits per heavy atom. The van der Waals surface area contributed by atoms with Crippen LogP contribution in [0.25, 0.3) is 27.7 Å². The van der Waals surface area contributed by atoms with E-state index in [2.05, 4.69) is 50.4 Å². The maximum atomic E-state index is 12.2. The predicted octanol–water partition coefficient (Wildman–Crippen LogP) is 5.84. The average molecular weight is 475 g/mol. The lowest BCUT2D eigenvalue weighted by Crippen LogP contribution is -2.24. The van der Waals surface area contributed by atoms with E-state index < -0.39 is 0 Å². The molecule has 1 amide bonds. The van der Waals surface area contributed by atoms with Crippen LogP contribution in [0.1, 0.15) is 17.0 Å². The lowest BCUT2D eigenvalue weighted by Gasteiger charge is -2.10. The summed E-state index contributed by atoms with van der Waals surface area (Å²) in [5.74, 6) is 0.303. The van der Waals surface area contributed by atoms with Crippen LogP contribution in [0.15, 0.2) is 102 Å². The van der Waals surface area contributed by atoms with Crippen molar-refractivity contribution < 1.29 is 9.53 Å². The van der Waals surface area contributed by atoms with E-state index in [1.165, 1.54) is 0 Å². The Labute approximate surface area is 209 Å². The second-order valence-electron chi connectivity index (χ2n) is 8.51. The Morgan fingerprint density at radius 3 is 2.53 bits per heavy atom. The number of hydrazone groups is 1. The van der Waals surface area contributed by atoms with Gasteiger partial charge in [-0.05, 0) is 67.4 Å². The number of nitrogens with one attached hydrogen (secondary N) is 1. The summed E-state index contributed by atoms with van der Waals surface area (Å²) in [6.45, 7) is 3.96. The molecule has 0 bridgehead atoms. The molecular formula is C30H26N4O2. The normalized spacial score (nSPS) is 11.2. The van der Waals surface area contributed by atoms with Crippen molar-refractivity contribution in [1.29, 1.82) is 0 Å². The highest BCUT2D eigenvalue weighted by molar-refractivity contribution is 5.85. The first-order valence-electron chi connectivity index (χ1n) is 11.7. The van der Waals surface area contributed by atoms with Gasteiger partial charge in [-0.15, -0.1) is 0 Å². The fourth-order valence-corrected chi connectivity index (χ4v) is 4.25. The molecule has 0 unspecified atom stereocenters. The highest BCUT2D eigenvalue weighted by Crippen LogP contribution is 2.23. The molecule has 3 aromatic carbocycles. The molecule has 0 aliphatic heterocycles. The van der Waals surface area contributed by atoms with Gasteiger partial charge in [-0.1, -0.05) is 48.5 Å². The van der Waals surface area contributed by atoms with Gasteiger partial charge in [0.15, 0.2) is 6.61 Å². The molecule has 2 aromatic heterocycles. The lowest BCUT2D eigenvalue weighted by atomic mass is 10.1. The molecule has 0 aliphatic carbocycles. The van der Waals surface area contributed by atoms with Crippen molar-refractivity contribution in [2.75, 3.05) is 6.61 Å². The zero-order valence-electron chi connectivity index (χ0n) is 20.2. The first kappa shape index (κ1) is 23.1. The molecule has 178 valence electrons. The molecule has 0 aliphatic rings. The van der Waals surface area contributed by atoms with E-state index in [4.69, 9.17) is 4.74 Å². The third-order valence-corrected chi connectivity index (χ3v) is 6.04. The summed E-state index contributed by atoms with van der Waals surface area (Å²) in [4.78, 5) is 16.6. The SMILES string of the molecule is Cc1cc(/C=N/NC(=O)COc2ccc(-c3ccccc3)cc2)c(C)n1-c1ccc2ncccc2c1. The largest absolute Gasteiger partial charge is 0.484 e. The van der Waals surface area contributed by atoms with E-state index >= 15 is 0 Å². The van der Waals surface area contributed by atoms with E-state index in [-0.39, 0.29) is 12.5 Å². The smallest absolute Gasteiger partial charge is 0.277 e. The molecule has 0 saturated heterocycles. The van der Waals surface area contributed by atoms with Gasteiger partial charge in [0.25, 0.3) is 5.91 Å². The number of carbonyl (C=O) groups excluding carboxylic acids is 1. The van der Waals surface area contributed by atoms with Crippen molar-refractivity contribution in [3.05, 3.63) is 114 Å². The van der Waals surface area contributed by atoms with Crippen molar-refractivity contribution in [3.63, 3.8) is 0 Å². The second kappa shape index (κ2) is 10.3. The van der Waals surface area contributed by atoms with Gasteiger partial charge in [-0.25, -0.2) is 5.43 Å². The highest BCUT2D eigenvalue weighted by Gasteiger charge is 2.10. The fraction of sp³-hybridized carbons (Fsp3) is 0.100. The molecule has 0 saturated carbocycles. The van der Waals surface area contributed by atoms with E-state index in [9.17, 15) is 4.79 Å². The minimum absolute atomic E-state index is 0.119. The number of aryl methyl sites for hydroxylation is 1. The Morgan fingerprint density at radius 2 is 1.72 bits per heavy atom. The van der Waals surface area contributed by atoms with Gasteiger partial charge in [-0.2, -0.15) is 5.10 Å². The number of ether oxygens (including phenoxy) is 1. The quantitative estimate of drug-likeness (QED) is 0.238. The molecule has 1 N–H and O–H groups in total.